The number of halogens is 1. The average molecular weight is 304 g/mol. The zero-order chi connectivity index (χ0) is 15.4. The van der Waals surface area contributed by atoms with Crippen molar-refractivity contribution in [3.8, 4) is 0 Å². The highest BCUT2D eigenvalue weighted by molar-refractivity contribution is 6.30. The lowest BCUT2D eigenvalue weighted by Gasteiger charge is -2.09. The maximum absolute atomic E-state index is 11.3. The number of carbonyl (C=O) groups excluding carboxylic acids is 2. The minimum Gasteiger partial charge on any atom is -0.381 e. The summed E-state index contributed by atoms with van der Waals surface area (Å²) in [5.41, 5.74) is 12.5. The highest BCUT2D eigenvalue weighted by Gasteiger charge is 2.09. The van der Waals surface area contributed by atoms with Crippen LogP contribution in [-0.2, 0) is 6.54 Å². The van der Waals surface area contributed by atoms with Crippen LogP contribution in [0.4, 0.5) is 5.69 Å². The third-order valence-electron chi connectivity index (χ3n) is 2.89. The molecule has 0 aliphatic heterocycles. The summed E-state index contributed by atoms with van der Waals surface area (Å²) in [4.78, 5) is 22.5. The monoisotopic (exact) mass is 303 g/mol. The summed E-state index contributed by atoms with van der Waals surface area (Å²) >= 11 is 5.91. The number of hydrogen-bond donors (Lipinski definition) is 3. The van der Waals surface area contributed by atoms with E-state index in [0.29, 0.717) is 17.3 Å². The first-order valence-electron chi connectivity index (χ1n) is 6.19. The van der Waals surface area contributed by atoms with Crippen molar-refractivity contribution in [2.45, 2.75) is 6.54 Å². The van der Waals surface area contributed by atoms with Gasteiger partial charge in [-0.3, -0.25) is 9.59 Å². The van der Waals surface area contributed by atoms with Crippen LogP contribution in [-0.4, -0.2) is 11.8 Å². The molecule has 2 rings (SSSR count). The molecule has 0 aromatic heterocycles. The van der Waals surface area contributed by atoms with Gasteiger partial charge in [0.2, 0.25) is 11.8 Å². The molecule has 2 aromatic rings. The van der Waals surface area contributed by atoms with E-state index in [1.54, 1.807) is 18.2 Å². The molecule has 0 aliphatic carbocycles. The van der Waals surface area contributed by atoms with Gasteiger partial charge in [0.25, 0.3) is 0 Å². The van der Waals surface area contributed by atoms with E-state index in [0.717, 1.165) is 5.56 Å². The second-order valence-corrected chi connectivity index (χ2v) is 4.95. The summed E-state index contributed by atoms with van der Waals surface area (Å²) in [6, 6.07) is 11.9. The fourth-order valence-electron chi connectivity index (χ4n) is 1.87. The average Bonchev–Trinajstić information content (AvgIpc) is 2.45. The van der Waals surface area contributed by atoms with Crippen LogP contribution in [0.15, 0.2) is 42.5 Å². The molecule has 0 saturated carbocycles. The van der Waals surface area contributed by atoms with Crippen LogP contribution in [0.5, 0.6) is 0 Å². The van der Waals surface area contributed by atoms with Gasteiger partial charge in [0.1, 0.15) is 0 Å². The molecule has 5 N–H and O–H groups in total. The number of nitrogens with one attached hydrogen (secondary N) is 1. The Hall–Kier alpha value is -2.53. The molecule has 5 nitrogen and oxygen atoms in total. The Kier molecular flexibility index (Phi) is 4.45. The Morgan fingerprint density at radius 3 is 2.14 bits per heavy atom. The van der Waals surface area contributed by atoms with E-state index < -0.39 is 11.8 Å². The van der Waals surface area contributed by atoms with Gasteiger partial charge in [0.15, 0.2) is 0 Å². The minimum atomic E-state index is -0.621. The highest BCUT2D eigenvalue weighted by Crippen LogP contribution is 2.17. The summed E-state index contributed by atoms with van der Waals surface area (Å²) in [6.45, 7) is 0.487. The fraction of sp³-hybridized carbons (Fsp3) is 0.0667. The molecule has 21 heavy (non-hydrogen) atoms. The predicted molar refractivity (Wildman–Crippen MR) is 82.3 cm³/mol. The van der Waals surface area contributed by atoms with E-state index in [1.165, 1.54) is 6.07 Å². The Labute approximate surface area is 126 Å². The Morgan fingerprint density at radius 2 is 1.62 bits per heavy atom. The SMILES string of the molecule is NC(=O)c1cc(NCc2cccc(Cl)c2)cc(C(N)=O)c1. The van der Waals surface area contributed by atoms with Gasteiger partial charge in [-0.1, -0.05) is 23.7 Å². The Bertz CT molecular complexity index is 669. The highest BCUT2D eigenvalue weighted by atomic mass is 35.5. The van der Waals surface area contributed by atoms with Crippen molar-refractivity contribution >= 4 is 29.1 Å². The lowest BCUT2D eigenvalue weighted by molar-refractivity contribution is 0.0999. The lowest BCUT2D eigenvalue weighted by Crippen LogP contribution is -2.16. The van der Waals surface area contributed by atoms with Crippen molar-refractivity contribution in [2.24, 2.45) is 11.5 Å². The molecule has 6 heteroatoms. The normalized spacial score (nSPS) is 10.1. The molecular formula is C15H14ClN3O2. The van der Waals surface area contributed by atoms with E-state index in [-0.39, 0.29) is 11.1 Å². The van der Waals surface area contributed by atoms with Gasteiger partial charge in [-0.15, -0.1) is 0 Å². The van der Waals surface area contributed by atoms with Gasteiger partial charge in [-0.25, -0.2) is 0 Å². The zero-order valence-electron chi connectivity index (χ0n) is 11.1. The number of hydrogen-bond acceptors (Lipinski definition) is 3. The van der Waals surface area contributed by atoms with Crippen molar-refractivity contribution in [1.29, 1.82) is 0 Å². The number of primary amides is 2. The van der Waals surface area contributed by atoms with Crippen LogP contribution < -0.4 is 16.8 Å². The van der Waals surface area contributed by atoms with Gasteiger partial charge >= 0.3 is 0 Å². The van der Waals surface area contributed by atoms with Crippen LogP contribution in [0.1, 0.15) is 26.3 Å². The summed E-state index contributed by atoms with van der Waals surface area (Å²) in [5.74, 6) is -1.24. The molecule has 0 saturated heterocycles. The maximum atomic E-state index is 11.3. The van der Waals surface area contributed by atoms with Crippen LogP contribution in [0.2, 0.25) is 5.02 Å². The molecule has 2 aromatic carbocycles. The molecule has 0 spiro atoms. The number of benzene rings is 2. The summed E-state index contributed by atoms with van der Waals surface area (Å²) < 4.78 is 0. The van der Waals surface area contributed by atoms with E-state index in [4.69, 9.17) is 23.1 Å². The second kappa shape index (κ2) is 6.28. The number of anilines is 1. The first-order valence-corrected chi connectivity index (χ1v) is 6.56. The number of nitrogens with two attached hydrogens (primary N) is 2. The summed E-state index contributed by atoms with van der Waals surface area (Å²) in [7, 11) is 0. The number of amides is 2. The smallest absolute Gasteiger partial charge is 0.248 e. The second-order valence-electron chi connectivity index (χ2n) is 4.51. The quantitative estimate of drug-likeness (QED) is 0.789. The van der Waals surface area contributed by atoms with Crippen molar-refractivity contribution in [2.75, 3.05) is 5.32 Å². The number of rotatable bonds is 5. The standard InChI is InChI=1S/C15H14ClN3O2/c16-12-3-1-2-9(4-12)8-19-13-6-10(14(17)20)5-11(7-13)15(18)21/h1-7,19H,8H2,(H2,17,20)(H2,18,21). The molecule has 2 amide bonds. The molecule has 0 fully saturated rings. The van der Waals surface area contributed by atoms with Crippen molar-refractivity contribution in [3.63, 3.8) is 0 Å². The minimum absolute atomic E-state index is 0.222. The summed E-state index contributed by atoms with van der Waals surface area (Å²) in [5, 5.41) is 3.74. The lowest BCUT2D eigenvalue weighted by atomic mass is 10.1. The van der Waals surface area contributed by atoms with E-state index in [1.807, 2.05) is 18.2 Å². The Morgan fingerprint density at radius 1 is 1.00 bits per heavy atom. The third-order valence-corrected chi connectivity index (χ3v) is 3.12. The molecule has 0 bridgehead atoms. The first-order chi connectivity index (χ1) is 9.95. The van der Waals surface area contributed by atoms with Crippen LogP contribution in [0.3, 0.4) is 0 Å². The molecule has 108 valence electrons. The zero-order valence-corrected chi connectivity index (χ0v) is 11.9. The molecular weight excluding hydrogens is 290 g/mol. The van der Waals surface area contributed by atoms with Gasteiger partial charge < -0.3 is 16.8 Å². The molecule has 0 radical (unpaired) electrons. The van der Waals surface area contributed by atoms with Crippen LogP contribution in [0, 0.1) is 0 Å². The molecule has 0 unspecified atom stereocenters. The molecule has 0 aliphatic rings. The Balaban J connectivity index is 2.23. The number of carbonyl (C=O) groups is 2. The van der Waals surface area contributed by atoms with Crippen LogP contribution in [0.25, 0.3) is 0 Å². The van der Waals surface area contributed by atoms with Gasteiger partial charge in [0.05, 0.1) is 0 Å². The van der Waals surface area contributed by atoms with Gasteiger partial charge in [0, 0.05) is 28.4 Å². The topological polar surface area (TPSA) is 98.2 Å². The largest absolute Gasteiger partial charge is 0.381 e. The van der Waals surface area contributed by atoms with Gasteiger partial charge in [-0.05, 0) is 35.9 Å². The molecule has 0 heterocycles. The van der Waals surface area contributed by atoms with Crippen molar-refractivity contribution in [1.82, 2.24) is 0 Å². The fourth-order valence-corrected chi connectivity index (χ4v) is 2.08. The summed E-state index contributed by atoms with van der Waals surface area (Å²) in [6.07, 6.45) is 0. The van der Waals surface area contributed by atoms with Crippen molar-refractivity contribution < 1.29 is 9.59 Å². The van der Waals surface area contributed by atoms with E-state index in [2.05, 4.69) is 5.32 Å². The van der Waals surface area contributed by atoms with E-state index >= 15 is 0 Å². The molecule has 0 atom stereocenters. The predicted octanol–water partition coefficient (Wildman–Crippen LogP) is 2.15. The van der Waals surface area contributed by atoms with E-state index in [9.17, 15) is 9.59 Å². The first kappa shape index (κ1) is 14.9. The maximum Gasteiger partial charge on any atom is 0.248 e. The van der Waals surface area contributed by atoms with Crippen LogP contribution >= 0.6 is 11.6 Å². The van der Waals surface area contributed by atoms with Gasteiger partial charge in [-0.2, -0.15) is 0 Å². The van der Waals surface area contributed by atoms with Crippen molar-refractivity contribution in [3.05, 3.63) is 64.2 Å². The third kappa shape index (κ3) is 3.97.